The maximum absolute atomic E-state index is 13.4. The molecule has 0 amide bonds. The van der Waals surface area contributed by atoms with Crippen molar-refractivity contribution in [2.45, 2.75) is 12.0 Å². The fraction of sp³-hybridized carbons (Fsp3) is 0.333. The average molecular weight is 293 g/mol. The number of alkyl halides is 2. The van der Waals surface area contributed by atoms with Crippen LogP contribution < -0.4 is 10.5 Å². The number of nitrogens with two attached hydrogens (primary N) is 1. The summed E-state index contributed by atoms with van der Waals surface area (Å²) < 4.78 is 31.8. The largest absolute Gasteiger partial charge is 0.497 e. The molecule has 0 bridgehead atoms. The predicted octanol–water partition coefficient (Wildman–Crippen LogP) is 2.23. The Hall–Kier alpha value is -1.37. The maximum atomic E-state index is 13.4. The van der Waals surface area contributed by atoms with E-state index in [0.29, 0.717) is 16.7 Å². The Kier molecular flexibility index (Phi) is 4.73. The van der Waals surface area contributed by atoms with Gasteiger partial charge in [0, 0.05) is 22.7 Å². The van der Waals surface area contributed by atoms with Gasteiger partial charge in [0.05, 0.1) is 13.2 Å². The van der Waals surface area contributed by atoms with E-state index in [2.05, 4.69) is 4.98 Å². The minimum atomic E-state index is -3.36. The average Bonchev–Trinajstić information content (AvgIpc) is 2.80. The van der Waals surface area contributed by atoms with Gasteiger partial charge in [-0.25, -0.2) is 8.78 Å². The van der Waals surface area contributed by atoms with Crippen molar-refractivity contribution >= 4 is 23.3 Å². The van der Waals surface area contributed by atoms with E-state index < -0.39 is 18.6 Å². The third kappa shape index (κ3) is 2.80. The van der Waals surface area contributed by atoms with E-state index in [4.69, 9.17) is 15.6 Å². The second-order valence-electron chi connectivity index (χ2n) is 4.05. The number of hydrogen-bond acceptors (Lipinski definition) is 3. The van der Waals surface area contributed by atoms with Gasteiger partial charge in [0.15, 0.2) is 0 Å². The van der Waals surface area contributed by atoms with Crippen molar-refractivity contribution in [3.8, 4) is 5.75 Å². The highest BCUT2D eigenvalue weighted by Crippen LogP contribution is 2.34. The van der Waals surface area contributed by atoms with E-state index in [9.17, 15) is 8.78 Å². The van der Waals surface area contributed by atoms with Gasteiger partial charge >= 0.3 is 0 Å². The molecule has 2 rings (SSSR count). The zero-order valence-electron chi connectivity index (χ0n) is 10.2. The summed E-state index contributed by atoms with van der Waals surface area (Å²) in [4.78, 5) is 2.87. The zero-order valence-corrected chi connectivity index (χ0v) is 11.0. The quantitative estimate of drug-likeness (QED) is 0.809. The number of H-pyrrole nitrogens is 1. The van der Waals surface area contributed by atoms with Crippen LogP contribution in [-0.4, -0.2) is 29.7 Å². The minimum absolute atomic E-state index is 0. The molecule has 1 aromatic carbocycles. The molecule has 1 heterocycles. The van der Waals surface area contributed by atoms with Gasteiger partial charge in [-0.1, -0.05) is 0 Å². The topological polar surface area (TPSA) is 71.3 Å². The van der Waals surface area contributed by atoms with Crippen LogP contribution in [0.1, 0.15) is 11.6 Å². The summed E-state index contributed by atoms with van der Waals surface area (Å²) in [5.74, 6) is -2.80. The molecule has 2 aromatic rings. The maximum Gasteiger partial charge on any atom is 0.289 e. The fourth-order valence-electron chi connectivity index (χ4n) is 1.83. The number of nitrogens with one attached hydrogen (secondary N) is 1. The number of halogens is 3. The Labute approximate surface area is 115 Å². The Bertz CT molecular complexity index is 560. The van der Waals surface area contributed by atoms with Crippen molar-refractivity contribution in [1.29, 1.82) is 0 Å². The first-order chi connectivity index (χ1) is 8.49. The standard InChI is InChI=1S/C12H14F2N2O2.ClH/c1-18-7-2-3-10-8(4-7)9(5-16-10)11(15)12(13,14)6-17;/h2-5,11,16-17H,6,15H2,1H3;1H/t11-;/m0./s1. The molecule has 0 saturated heterocycles. The molecule has 0 fully saturated rings. The summed E-state index contributed by atoms with van der Waals surface area (Å²) in [6, 6.07) is 3.51. The van der Waals surface area contributed by atoms with Crippen molar-refractivity contribution in [3.05, 3.63) is 30.0 Å². The predicted molar refractivity (Wildman–Crippen MR) is 71.1 cm³/mol. The Balaban J connectivity index is 0.00000180. The number of fused-ring (bicyclic) bond motifs is 1. The van der Waals surface area contributed by atoms with Crippen LogP contribution in [0, 0.1) is 0 Å². The molecule has 4 N–H and O–H groups in total. The van der Waals surface area contributed by atoms with E-state index in [1.165, 1.54) is 13.3 Å². The van der Waals surface area contributed by atoms with Gasteiger partial charge in [-0.05, 0) is 18.2 Å². The number of aliphatic hydroxyl groups is 1. The molecule has 0 aliphatic carbocycles. The molecule has 0 aliphatic heterocycles. The highest BCUT2D eigenvalue weighted by molar-refractivity contribution is 5.85. The summed E-state index contributed by atoms with van der Waals surface area (Å²) in [7, 11) is 1.50. The minimum Gasteiger partial charge on any atom is -0.497 e. The van der Waals surface area contributed by atoms with Crippen LogP contribution in [0.4, 0.5) is 8.78 Å². The Morgan fingerprint density at radius 3 is 2.74 bits per heavy atom. The van der Waals surface area contributed by atoms with Crippen LogP contribution in [0.25, 0.3) is 10.9 Å². The first-order valence-corrected chi connectivity index (χ1v) is 5.39. The third-order valence-electron chi connectivity index (χ3n) is 2.92. The van der Waals surface area contributed by atoms with E-state index in [-0.39, 0.29) is 18.0 Å². The van der Waals surface area contributed by atoms with Gasteiger partial charge in [-0.2, -0.15) is 0 Å². The number of benzene rings is 1. The summed E-state index contributed by atoms with van der Waals surface area (Å²) in [5.41, 5.74) is 6.46. The molecule has 4 nitrogen and oxygen atoms in total. The van der Waals surface area contributed by atoms with Crippen molar-refractivity contribution in [2.75, 3.05) is 13.7 Å². The zero-order chi connectivity index (χ0) is 13.3. The normalized spacial score (nSPS) is 13.1. The van der Waals surface area contributed by atoms with Gasteiger partial charge in [0.25, 0.3) is 5.92 Å². The first-order valence-electron chi connectivity index (χ1n) is 5.39. The molecule has 1 aromatic heterocycles. The van der Waals surface area contributed by atoms with Gasteiger partial charge in [0.2, 0.25) is 0 Å². The summed E-state index contributed by atoms with van der Waals surface area (Å²) in [5, 5.41) is 9.24. The van der Waals surface area contributed by atoms with Crippen molar-refractivity contribution in [3.63, 3.8) is 0 Å². The van der Waals surface area contributed by atoms with Crippen LogP contribution in [0.15, 0.2) is 24.4 Å². The molecule has 0 spiro atoms. The molecule has 0 aliphatic rings. The van der Waals surface area contributed by atoms with Gasteiger partial charge in [0.1, 0.15) is 12.4 Å². The van der Waals surface area contributed by atoms with Crippen molar-refractivity contribution in [2.24, 2.45) is 5.73 Å². The van der Waals surface area contributed by atoms with E-state index in [0.717, 1.165) is 0 Å². The van der Waals surface area contributed by atoms with Crippen LogP contribution in [0.5, 0.6) is 5.75 Å². The lowest BCUT2D eigenvalue weighted by Crippen LogP contribution is -2.36. The number of aromatic amines is 1. The number of methoxy groups -OCH3 is 1. The third-order valence-corrected chi connectivity index (χ3v) is 2.92. The summed E-state index contributed by atoms with van der Waals surface area (Å²) in [6.45, 7) is -1.29. The number of aromatic nitrogens is 1. The van der Waals surface area contributed by atoms with Crippen LogP contribution >= 0.6 is 12.4 Å². The second-order valence-corrected chi connectivity index (χ2v) is 4.05. The van der Waals surface area contributed by atoms with E-state index in [1.54, 1.807) is 18.2 Å². The molecular formula is C12H15ClF2N2O2. The molecule has 19 heavy (non-hydrogen) atoms. The molecule has 0 unspecified atom stereocenters. The fourth-order valence-corrected chi connectivity index (χ4v) is 1.83. The number of ether oxygens (including phenoxy) is 1. The molecule has 106 valence electrons. The lowest BCUT2D eigenvalue weighted by molar-refractivity contribution is -0.0708. The monoisotopic (exact) mass is 292 g/mol. The molecule has 0 saturated carbocycles. The van der Waals surface area contributed by atoms with Gasteiger partial charge < -0.3 is 20.6 Å². The lowest BCUT2D eigenvalue weighted by Gasteiger charge is -2.21. The lowest BCUT2D eigenvalue weighted by atomic mass is 10.0. The molecular weight excluding hydrogens is 278 g/mol. The van der Waals surface area contributed by atoms with Crippen LogP contribution in [0.3, 0.4) is 0 Å². The Morgan fingerprint density at radius 2 is 2.16 bits per heavy atom. The number of rotatable bonds is 4. The second kappa shape index (κ2) is 5.73. The van der Waals surface area contributed by atoms with Gasteiger partial charge in [-0.15, -0.1) is 12.4 Å². The number of hydrogen-bond donors (Lipinski definition) is 3. The molecule has 1 atom stereocenters. The van der Waals surface area contributed by atoms with Crippen LogP contribution in [-0.2, 0) is 0 Å². The highest BCUT2D eigenvalue weighted by Gasteiger charge is 2.38. The summed E-state index contributed by atoms with van der Waals surface area (Å²) in [6.07, 6.45) is 1.43. The van der Waals surface area contributed by atoms with Gasteiger partial charge in [-0.3, -0.25) is 0 Å². The van der Waals surface area contributed by atoms with Crippen LogP contribution in [0.2, 0.25) is 0 Å². The molecule has 7 heteroatoms. The van der Waals surface area contributed by atoms with Crippen molar-refractivity contribution in [1.82, 2.24) is 4.98 Å². The van der Waals surface area contributed by atoms with E-state index in [1.807, 2.05) is 0 Å². The summed E-state index contributed by atoms with van der Waals surface area (Å²) >= 11 is 0. The smallest absolute Gasteiger partial charge is 0.289 e. The first kappa shape index (κ1) is 15.7. The van der Waals surface area contributed by atoms with E-state index >= 15 is 0 Å². The Morgan fingerprint density at radius 1 is 1.47 bits per heavy atom. The molecule has 0 radical (unpaired) electrons. The van der Waals surface area contributed by atoms with Crippen molar-refractivity contribution < 1.29 is 18.6 Å². The highest BCUT2D eigenvalue weighted by atomic mass is 35.5. The number of aliphatic hydroxyl groups excluding tert-OH is 1. The SMILES string of the molecule is COc1ccc2[nH]cc([C@H](N)C(F)(F)CO)c2c1.Cl.